The minimum atomic E-state index is -0.895. The zero-order valence-electron chi connectivity index (χ0n) is 13.9. The maximum Gasteiger partial charge on any atom is 0.305 e. The van der Waals surface area contributed by atoms with Gasteiger partial charge in [0.25, 0.3) is 0 Å². The molecule has 1 aromatic carbocycles. The summed E-state index contributed by atoms with van der Waals surface area (Å²) >= 11 is 1.44. The van der Waals surface area contributed by atoms with Crippen molar-refractivity contribution in [1.29, 1.82) is 0 Å². The van der Waals surface area contributed by atoms with Gasteiger partial charge in [-0.2, -0.15) is 0 Å². The third-order valence-electron chi connectivity index (χ3n) is 3.94. The second-order valence-corrected chi connectivity index (χ2v) is 6.63. The second kappa shape index (κ2) is 8.94. The minimum absolute atomic E-state index is 0.0423. The summed E-state index contributed by atoms with van der Waals surface area (Å²) in [6.07, 6.45) is 0.440. The second-order valence-electron chi connectivity index (χ2n) is 5.58. The molecule has 1 aromatic rings. The van der Waals surface area contributed by atoms with E-state index >= 15 is 0 Å². The average Bonchev–Trinajstić information content (AvgIpc) is 2.96. The largest absolute Gasteiger partial charge is 0.494 e. The zero-order valence-corrected chi connectivity index (χ0v) is 14.8. The fourth-order valence-electron chi connectivity index (χ4n) is 2.77. The van der Waals surface area contributed by atoms with E-state index in [-0.39, 0.29) is 30.2 Å². The van der Waals surface area contributed by atoms with Crippen LogP contribution in [0.15, 0.2) is 29.2 Å². The van der Waals surface area contributed by atoms with Crippen molar-refractivity contribution in [2.75, 3.05) is 26.0 Å². The van der Waals surface area contributed by atoms with Crippen LogP contribution in [0.25, 0.3) is 0 Å². The Labute approximate surface area is 146 Å². The van der Waals surface area contributed by atoms with E-state index in [2.05, 4.69) is 0 Å². The normalized spacial score (nSPS) is 20.2. The quantitative estimate of drug-likeness (QED) is 0.723. The lowest BCUT2D eigenvalue weighted by Gasteiger charge is -2.23. The summed E-state index contributed by atoms with van der Waals surface area (Å²) in [6, 6.07) is 7.29. The van der Waals surface area contributed by atoms with Crippen molar-refractivity contribution in [2.45, 2.75) is 36.8 Å². The molecule has 0 spiro atoms. The molecule has 6 nitrogen and oxygen atoms in total. The monoisotopic (exact) mass is 353 g/mol. The molecule has 1 heterocycles. The predicted molar refractivity (Wildman–Crippen MR) is 91.5 cm³/mol. The summed E-state index contributed by atoms with van der Waals surface area (Å²) in [7, 11) is 1.59. The summed E-state index contributed by atoms with van der Waals surface area (Å²) in [5.41, 5.74) is 0. The number of carboxylic acids is 1. The first-order valence-corrected chi connectivity index (χ1v) is 8.91. The number of ether oxygens (including phenoxy) is 2. The Morgan fingerprint density at radius 2 is 2.04 bits per heavy atom. The van der Waals surface area contributed by atoms with Gasteiger partial charge in [0.2, 0.25) is 5.91 Å². The van der Waals surface area contributed by atoms with Crippen molar-refractivity contribution < 1.29 is 24.2 Å². The number of likely N-dealkylation sites (tertiary alicyclic amines) is 1. The van der Waals surface area contributed by atoms with Gasteiger partial charge in [0, 0.05) is 24.6 Å². The predicted octanol–water partition coefficient (Wildman–Crippen LogP) is 2.27. The van der Waals surface area contributed by atoms with Crippen LogP contribution in [0.4, 0.5) is 0 Å². The molecule has 2 atom stereocenters. The number of amides is 1. The molecule has 1 saturated heterocycles. The number of carboxylic acid groups (broad SMARTS) is 1. The van der Waals surface area contributed by atoms with Crippen molar-refractivity contribution in [3.05, 3.63) is 24.3 Å². The van der Waals surface area contributed by atoms with Crippen LogP contribution >= 0.6 is 11.8 Å². The summed E-state index contributed by atoms with van der Waals surface area (Å²) < 4.78 is 10.7. The van der Waals surface area contributed by atoms with Crippen LogP contribution < -0.4 is 4.74 Å². The smallest absolute Gasteiger partial charge is 0.305 e. The number of aliphatic carboxylic acids is 1. The Morgan fingerprint density at radius 1 is 1.33 bits per heavy atom. The van der Waals surface area contributed by atoms with E-state index in [1.807, 2.05) is 31.2 Å². The van der Waals surface area contributed by atoms with Crippen LogP contribution in [0, 0.1) is 0 Å². The first-order chi connectivity index (χ1) is 11.5. The highest BCUT2D eigenvalue weighted by Crippen LogP contribution is 2.26. The maximum atomic E-state index is 12.5. The van der Waals surface area contributed by atoms with E-state index in [9.17, 15) is 9.59 Å². The molecule has 0 radical (unpaired) electrons. The third-order valence-corrected chi connectivity index (χ3v) is 4.93. The Balaban J connectivity index is 1.91. The molecule has 0 saturated carbocycles. The number of rotatable bonds is 8. The van der Waals surface area contributed by atoms with Crippen LogP contribution in [0.3, 0.4) is 0 Å². The summed E-state index contributed by atoms with van der Waals surface area (Å²) in [6.45, 7) is 3.00. The highest BCUT2D eigenvalue weighted by Gasteiger charge is 2.36. The molecule has 1 aliphatic rings. The average molecular weight is 353 g/mol. The van der Waals surface area contributed by atoms with Crippen molar-refractivity contribution >= 4 is 23.6 Å². The van der Waals surface area contributed by atoms with E-state index in [4.69, 9.17) is 14.6 Å². The number of methoxy groups -OCH3 is 1. The van der Waals surface area contributed by atoms with E-state index in [0.29, 0.717) is 19.6 Å². The number of nitrogens with zero attached hydrogens (tertiary/aromatic N) is 1. The van der Waals surface area contributed by atoms with Crippen molar-refractivity contribution in [2.24, 2.45) is 0 Å². The molecule has 1 amide bonds. The number of thioether (sulfide) groups is 1. The van der Waals surface area contributed by atoms with Gasteiger partial charge in [-0.15, -0.1) is 11.8 Å². The van der Waals surface area contributed by atoms with Crippen LogP contribution in [0.1, 0.15) is 19.8 Å². The van der Waals surface area contributed by atoms with Gasteiger partial charge >= 0.3 is 5.97 Å². The van der Waals surface area contributed by atoms with Gasteiger partial charge in [-0.1, -0.05) is 0 Å². The number of carbonyl (C=O) groups excluding carboxylic acids is 1. The number of hydrogen-bond acceptors (Lipinski definition) is 5. The number of benzene rings is 1. The molecule has 132 valence electrons. The highest BCUT2D eigenvalue weighted by molar-refractivity contribution is 8.00. The lowest BCUT2D eigenvalue weighted by atomic mass is 10.1. The first-order valence-electron chi connectivity index (χ1n) is 7.93. The van der Waals surface area contributed by atoms with E-state index < -0.39 is 5.97 Å². The van der Waals surface area contributed by atoms with Crippen LogP contribution in [0.2, 0.25) is 0 Å². The van der Waals surface area contributed by atoms with Crippen LogP contribution in [-0.4, -0.2) is 60.0 Å². The molecule has 1 aliphatic heterocycles. The minimum Gasteiger partial charge on any atom is -0.494 e. The van der Waals surface area contributed by atoms with Crippen LogP contribution in [0.5, 0.6) is 5.75 Å². The molecule has 2 unspecified atom stereocenters. The Bertz CT molecular complexity index is 563. The summed E-state index contributed by atoms with van der Waals surface area (Å²) in [5.74, 6) is 0.131. The molecular weight excluding hydrogens is 330 g/mol. The third kappa shape index (κ3) is 5.14. The molecular formula is C17H23NO5S. The molecule has 7 heteroatoms. The Hall–Kier alpha value is -1.73. The SMILES string of the molecule is CCOc1ccc(SCC(=O)N2CC(OC)CC2CC(=O)O)cc1. The Kier molecular flexibility index (Phi) is 6.93. The Morgan fingerprint density at radius 3 is 2.62 bits per heavy atom. The topological polar surface area (TPSA) is 76.1 Å². The molecule has 24 heavy (non-hydrogen) atoms. The van der Waals surface area contributed by atoms with Gasteiger partial charge in [-0.25, -0.2) is 0 Å². The molecule has 1 fully saturated rings. The number of carbonyl (C=O) groups is 2. The zero-order chi connectivity index (χ0) is 17.5. The van der Waals surface area contributed by atoms with Crippen LogP contribution in [-0.2, 0) is 14.3 Å². The summed E-state index contributed by atoms with van der Waals surface area (Å²) in [5, 5.41) is 9.01. The molecule has 0 bridgehead atoms. The van der Waals surface area contributed by atoms with E-state index in [1.165, 1.54) is 11.8 Å². The lowest BCUT2D eigenvalue weighted by molar-refractivity contribution is -0.139. The molecule has 2 rings (SSSR count). The van der Waals surface area contributed by atoms with Gasteiger partial charge in [0.15, 0.2) is 0 Å². The van der Waals surface area contributed by atoms with Gasteiger partial charge in [0.1, 0.15) is 5.75 Å². The molecule has 1 N–H and O–H groups in total. The standard InChI is InChI=1S/C17H23NO5S/c1-3-23-13-4-6-15(7-5-13)24-11-16(19)18-10-14(22-2)8-12(18)9-17(20)21/h4-7,12,14H,3,8-11H2,1-2H3,(H,20,21). The van der Waals surface area contributed by atoms with Gasteiger partial charge in [0.05, 0.1) is 24.9 Å². The van der Waals surface area contributed by atoms with Crippen molar-refractivity contribution in [1.82, 2.24) is 4.90 Å². The molecule has 0 aromatic heterocycles. The first kappa shape index (κ1) is 18.6. The van der Waals surface area contributed by atoms with E-state index in [1.54, 1.807) is 12.0 Å². The fourth-order valence-corrected chi connectivity index (χ4v) is 3.56. The highest BCUT2D eigenvalue weighted by atomic mass is 32.2. The van der Waals surface area contributed by atoms with Gasteiger partial charge in [-0.05, 0) is 37.6 Å². The van der Waals surface area contributed by atoms with Crippen molar-refractivity contribution in [3.63, 3.8) is 0 Å². The number of hydrogen-bond donors (Lipinski definition) is 1. The van der Waals surface area contributed by atoms with E-state index in [0.717, 1.165) is 10.6 Å². The summed E-state index contributed by atoms with van der Waals surface area (Å²) in [4.78, 5) is 26.1. The van der Waals surface area contributed by atoms with Gasteiger partial charge < -0.3 is 19.5 Å². The lowest BCUT2D eigenvalue weighted by Crippen LogP contribution is -2.38. The van der Waals surface area contributed by atoms with Crippen molar-refractivity contribution in [3.8, 4) is 5.75 Å². The van der Waals surface area contributed by atoms with Gasteiger partial charge in [-0.3, -0.25) is 9.59 Å². The maximum absolute atomic E-state index is 12.5. The molecule has 0 aliphatic carbocycles. The fraction of sp³-hybridized carbons (Fsp3) is 0.529.